The Hall–Kier alpha value is -2.05. The molecule has 1 aliphatic rings. The first-order valence-corrected chi connectivity index (χ1v) is 8.54. The fraction of sp³-hybridized carbons (Fsp3) is 0.278. The number of anilines is 2. The number of benzene rings is 2. The molecule has 0 spiro atoms. The number of ether oxygens (including phenoxy) is 2. The highest BCUT2D eigenvalue weighted by Gasteiger charge is 2.13. The number of amides is 1. The number of methoxy groups -OCH3 is 1. The number of hydrogen-bond acceptors (Lipinski definition) is 4. The first kappa shape index (κ1) is 16.8. The van der Waals surface area contributed by atoms with Gasteiger partial charge >= 0.3 is 0 Å². The van der Waals surface area contributed by atoms with Crippen molar-refractivity contribution in [2.45, 2.75) is 0 Å². The highest BCUT2D eigenvalue weighted by molar-refractivity contribution is 9.10. The first-order chi connectivity index (χ1) is 11.7. The summed E-state index contributed by atoms with van der Waals surface area (Å²) in [5, 5.41) is 2.91. The summed E-state index contributed by atoms with van der Waals surface area (Å²) >= 11 is 3.40. The van der Waals surface area contributed by atoms with Crippen LogP contribution in [0, 0.1) is 0 Å². The summed E-state index contributed by atoms with van der Waals surface area (Å²) in [6.45, 7) is 3.29. The molecule has 1 fully saturated rings. The number of nitrogens with one attached hydrogen (secondary N) is 1. The summed E-state index contributed by atoms with van der Waals surface area (Å²) in [6.07, 6.45) is 0. The quantitative estimate of drug-likeness (QED) is 0.866. The fourth-order valence-corrected chi connectivity index (χ4v) is 3.01. The van der Waals surface area contributed by atoms with Gasteiger partial charge in [-0.2, -0.15) is 0 Å². The summed E-state index contributed by atoms with van der Waals surface area (Å²) in [5.41, 5.74) is 2.43. The van der Waals surface area contributed by atoms with Gasteiger partial charge in [0.25, 0.3) is 5.91 Å². The average Bonchev–Trinajstić information content (AvgIpc) is 2.63. The van der Waals surface area contributed by atoms with E-state index in [1.165, 1.54) is 0 Å². The third-order valence-corrected chi connectivity index (χ3v) is 4.61. The zero-order valence-corrected chi connectivity index (χ0v) is 15.0. The molecule has 24 heavy (non-hydrogen) atoms. The van der Waals surface area contributed by atoms with E-state index in [1.807, 2.05) is 24.3 Å². The van der Waals surface area contributed by atoms with Crippen LogP contribution in [0.25, 0.3) is 0 Å². The predicted molar refractivity (Wildman–Crippen MR) is 98.1 cm³/mol. The molecule has 0 unspecified atom stereocenters. The van der Waals surface area contributed by atoms with E-state index < -0.39 is 0 Å². The highest BCUT2D eigenvalue weighted by Crippen LogP contribution is 2.24. The Morgan fingerprint density at radius 3 is 2.54 bits per heavy atom. The van der Waals surface area contributed by atoms with Gasteiger partial charge in [0, 0.05) is 28.9 Å². The van der Waals surface area contributed by atoms with Crippen LogP contribution in [0.2, 0.25) is 0 Å². The van der Waals surface area contributed by atoms with Crippen molar-refractivity contribution in [3.63, 3.8) is 0 Å². The molecule has 0 aliphatic carbocycles. The highest BCUT2D eigenvalue weighted by atomic mass is 79.9. The second-order valence-corrected chi connectivity index (χ2v) is 6.30. The minimum atomic E-state index is -0.181. The molecule has 5 nitrogen and oxygen atoms in total. The third-order valence-electron chi connectivity index (χ3n) is 3.92. The van der Waals surface area contributed by atoms with E-state index in [0.717, 1.165) is 42.2 Å². The second kappa shape index (κ2) is 7.68. The molecule has 6 heteroatoms. The maximum atomic E-state index is 12.5. The SMILES string of the molecule is COc1ccc(Br)c(C(=O)Nc2ccc(N3CCOCC3)cc2)c1. The van der Waals surface area contributed by atoms with E-state index >= 15 is 0 Å². The molecule has 3 rings (SSSR count). The van der Waals surface area contributed by atoms with Gasteiger partial charge in [0.2, 0.25) is 0 Å². The van der Waals surface area contributed by atoms with Gasteiger partial charge in [0.1, 0.15) is 5.75 Å². The molecule has 1 aliphatic heterocycles. The number of carbonyl (C=O) groups excluding carboxylic acids is 1. The Morgan fingerprint density at radius 1 is 1.17 bits per heavy atom. The molecule has 1 saturated heterocycles. The molecule has 0 aromatic heterocycles. The van der Waals surface area contributed by atoms with Crippen molar-refractivity contribution in [3.8, 4) is 5.75 Å². The smallest absolute Gasteiger partial charge is 0.256 e. The molecule has 126 valence electrons. The minimum Gasteiger partial charge on any atom is -0.497 e. The van der Waals surface area contributed by atoms with Crippen LogP contribution in [0.5, 0.6) is 5.75 Å². The molecular formula is C18H19BrN2O3. The molecule has 0 saturated carbocycles. The van der Waals surface area contributed by atoms with Crippen molar-refractivity contribution < 1.29 is 14.3 Å². The fourth-order valence-electron chi connectivity index (χ4n) is 2.58. The largest absolute Gasteiger partial charge is 0.497 e. The van der Waals surface area contributed by atoms with Gasteiger partial charge in [-0.15, -0.1) is 0 Å². The Morgan fingerprint density at radius 2 is 1.88 bits per heavy atom. The second-order valence-electron chi connectivity index (χ2n) is 5.45. The Balaban J connectivity index is 1.70. The van der Waals surface area contributed by atoms with Crippen molar-refractivity contribution in [3.05, 3.63) is 52.5 Å². The number of halogens is 1. The van der Waals surface area contributed by atoms with Gasteiger partial charge in [0.15, 0.2) is 0 Å². The van der Waals surface area contributed by atoms with Crippen LogP contribution in [-0.4, -0.2) is 39.3 Å². The molecule has 0 bridgehead atoms. The Labute approximate surface area is 149 Å². The lowest BCUT2D eigenvalue weighted by Crippen LogP contribution is -2.36. The van der Waals surface area contributed by atoms with E-state index in [4.69, 9.17) is 9.47 Å². The van der Waals surface area contributed by atoms with Crippen LogP contribution >= 0.6 is 15.9 Å². The van der Waals surface area contributed by atoms with Gasteiger partial charge < -0.3 is 19.7 Å². The number of hydrogen-bond donors (Lipinski definition) is 1. The Bertz CT molecular complexity index is 713. The predicted octanol–water partition coefficient (Wildman–Crippen LogP) is 3.55. The van der Waals surface area contributed by atoms with Gasteiger partial charge in [-0.1, -0.05) is 0 Å². The number of nitrogens with zero attached hydrogens (tertiary/aromatic N) is 1. The van der Waals surface area contributed by atoms with Gasteiger partial charge in [0.05, 0.1) is 25.9 Å². The van der Waals surface area contributed by atoms with Crippen LogP contribution in [0.4, 0.5) is 11.4 Å². The first-order valence-electron chi connectivity index (χ1n) is 7.75. The monoisotopic (exact) mass is 390 g/mol. The summed E-state index contributed by atoms with van der Waals surface area (Å²) in [4.78, 5) is 14.7. The normalized spacial score (nSPS) is 14.3. The molecule has 0 atom stereocenters. The van der Waals surface area contributed by atoms with Crippen molar-refractivity contribution in [1.29, 1.82) is 0 Å². The van der Waals surface area contributed by atoms with Gasteiger partial charge in [-0.05, 0) is 58.4 Å². The molecular weight excluding hydrogens is 372 g/mol. The van der Waals surface area contributed by atoms with E-state index in [9.17, 15) is 4.79 Å². The summed E-state index contributed by atoms with van der Waals surface area (Å²) in [7, 11) is 1.58. The van der Waals surface area contributed by atoms with E-state index in [-0.39, 0.29) is 5.91 Å². The molecule has 2 aromatic carbocycles. The van der Waals surface area contributed by atoms with Crippen LogP contribution in [0.1, 0.15) is 10.4 Å². The van der Waals surface area contributed by atoms with Crippen molar-refractivity contribution in [1.82, 2.24) is 0 Å². The lowest BCUT2D eigenvalue weighted by atomic mass is 10.2. The van der Waals surface area contributed by atoms with E-state index in [1.54, 1.807) is 25.3 Å². The summed E-state index contributed by atoms with van der Waals surface area (Å²) in [5.74, 6) is 0.464. The number of carbonyl (C=O) groups is 1. The van der Waals surface area contributed by atoms with Crippen LogP contribution in [0.3, 0.4) is 0 Å². The summed E-state index contributed by atoms with van der Waals surface area (Å²) in [6, 6.07) is 13.2. The lowest BCUT2D eigenvalue weighted by molar-refractivity contribution is 0.102. The van der Waals surface area contributed by atoms with Crippen molar-refractivity contribution >= 4 is 33.2 Å². The van der Waals surface area contributed by atoms with Crippen molar-refractivity contribution in [2.75, 3.05) is 43.6 Å². The van der Waals surface area contributed by atoms with E-state index in [2.05, 4.69) is 26.1 Å². The van der Waals surface area contributed by atoms with Gasteiger partial charge in [-0.3, -0.25) is 4.79 Å². The van der Waals surface area contributed by atoms with Crippen LogP contribution < -0.4 is 15.0 Å². The maximum absolute atomic E-state index is 12.5. The molecule has 2 aromatic rings. The minimum absolute atomic E-state index is 0.181. The van der Waals surface area contributed by atoms with Gasteiger partial charge in [-0.25, -0.2) is 0 Å². The topological polar surface area (TPSA) is 50.8 Å². The van der Waals surface area contributed by atoms with E-state index in [0.29, 0.717) is 11.3 Å². The lowest BCUT2D eigenvalue weighted by Gasteiger charge is -2.28. The molecule has 1 N–H and O–H groups in total. The van der Waals surface area contributed by atoms with Crippen LogP contribution in [0.15, 0.2) is 46.9 Å². The number of rotatable bonds is 4. The molecule has 1 amide bonds. The molecule has 1 heterocycles. The molecule has 0 radical (unpaired) electrons. The maximum Gasteiger partial charge on any atom is 0.256 e. The zero-order valence-electron chi connectivity index (χ0n) is 13.4. The number of morpholine rings is 1. The zero-order chi connectivity index (χ0) is 16.9. The van der Waals surface area contributed by atoms with Crippen LogP contribution in [-0.2, 0) is 4.74 Å². The standard InChI is InChI=1S/C18H19BrN2O3/c1-23-15-6-7-17(19)16(12-15)18(22)20-13-2-4-14(5-3-13)21-8-10-24-11-9-21/h2-7,12H,8-11H2,1H3,(H,20,22). The average molecular weight is 391 g/mol. The Kier molecular flexibility index (Phi) is 5.37. The third kappa shape index (κ3) is 3.88. The van der Waals surface area contributed by atoms with Crippen molar-refractivity contribution in [2.24, 2.45) is 0 Å². The summed E-state index contributed by atoms with van der Waals surface area (Å²) < 4.78 is 11.3.